The Morgan fingerprint density at radius 2 is 1.90 bits per heavy atom. The number of hydrogen-bond donors (Lipinski definition) is 2. The summed E-state index contributed by atoms with van der Waals surface area (Å²) in [6.07, 6.45) is 4.40. The predicted molar refractivity (Wildman–Crippen MR) is 112 cm³/mol. The van der Waals surface area contributed by atoms with Gasteiger partial charge in [-0.3, -0.25) is 4.79 Å². The first-order chi connectivity index (χ1) is 13.5. The number of carbonyl (C=O) groups is 1. The van der Waals surface area contributed by atoms with Gasteiger partial charge in [0.25, 0.3) is 14.7 Å². The number of amides is 1. The van der Waals surface area contributed by atoms with Crippen LogP contribution >= 0.6 is 11.6 Å². The molecule has 0 saturated carbocycles. The van der Waals surface area contributed by atoms with Crippen molar-refractivity contribution in [1.29, 1.82) is 0 Å². The predicted octanol–water partition coefficient (Wildman–Crippen LogP) is 5.27. The molecule has 0 saturated heterocycles. The number of alkyl halides is 3. The van der Waals surface area contributed by atoms with Gasteiger partial charge in [-0.05, 0) is 31.0 Å². The summed E-state index contributed by atoms with van der Waals surface area (Å²) in [5.41, 5.74) is -5.00. The van der Waals surface area contributed by atoms with E-state index in [0.29, 0.717) is 17.1 Å². The van der Waals surface area contributed by atoms with Gasteiger partial charge in [-0.2, -0.15) is 13.2 Å². The van der Waals surface area contributed by atoms with Crippen LogP contribution in [0.1, 0.15) is 45.4 Å². The van der Waals surface area contributed by atoms with Gasteiger partial charge in [0.15, 0.2) is 0 Å². The van der Waals surface area contributed by atoms with E-state index in [1.807, 2.05) is 6.92 Å². The van der Waals surface area contributed by atoms with Gasteiger partial charge in [-0.15, -0.1) is 0 Å². The highest BCUT2D eigenvalue weighted by Crippen LogP contribution is 2.28. The Bertz CT molecular complexity index is 828. The first-order valence-electron chi connectivity index (χ1n) is 9.00. The largest absolute Gasteiger partial charge is 0.507 e. The smallest absolute Gasteiger partial charge is 0.376 e. The summed E-state index contributed by atoms with van der Waals surface area (Å²) in [7, 11) is -3.83. The van der Waals surface area contributed by atoms with Crippen molar-refractivity contribution in [1.82, 2.24) is 5.32 Å². The lowest BCUT2D eigenvalue weighted by molar-refractivity contribution is -0.113. The lowest BCUT2D eigenvalue weighted by atomic mass is 10.1. The van der Waals surface area contributed by atoms with Crippen LogP contribution in [0.3, 0.4) is 0 Å². The molecule has 1 atom stereocenters. The maximum Gasteiger partial charge on any atom is 0.507 e. The van der Waals surface area contributed by atoms with Gasteiger partial charge < -0.3 is 14.8 Å². The number of halogens is 4. The number of nitrogens with one attached hydrogen (secondary N) is 2. The Morgan fingerprint density at radius 3 is 2.45 bits per heavy atom. The minimum absolute atomic E-state index is 0.106. The summed E-state index contributed by atoms with van der Waals surface area (Å²) < 4.78 is 55.1. The minimum Gasteiger partial charge on any atom is -0.376 e. The molecule has 0 spiro atoms. The summed E-state index contributed by atoms with van der Waals surface area (Å²) in [6.45, 7) is 2.05. The topological polar surface area (TPSA) is 67.4 Å². The van der Waals surface area contributed by atoms with Crippen molar-refractivity contribution in [3.63, 3.8) is 0 Å². The summed E-state index contributed by atoms with van der Waals surface area (Å²) in [4.78, 5) is 12.7. The molecule has 29 heavy (non-hydrogen) atoms. The number of rotatable bonds is 11. The molecule has 11 heteroatoms. The number of anilines is 1. The van der Waals surface area contributed by atoms with Gasteiger partial charge in [0.05, 0.1) is 5.57 Å². The Labute approximate surface area is 178 Å². The molecule has 0 aliphatic rings. The van der Waals surface area contributed by atoms with E-state index in [-0.39, 0.29) is 12.0 Å². The van der Waals surface area contributed by atoms with Crippen molar-refractivity contribution in [2.45, 2.75) is 51.0 Å². The third-order valence-electron chi connectivity index (χ3n) is 3.86. The molecule has 1 unspecified atom stereocenters. The fourth-order valence-electron chi connectivity index (χ4n) is 2.41. The Balaban J connectivity index is 3.14. The standard InChI is InChI=1S/C18H24ClF3N2O3S2/c1-3-4-5-6-7-11-15(16(25)24-14-10-8-9-13(19)12-14)17(23-2)27-29(26,28)18(20,21)22/h8-10,12,23H,3-7,11H2,1-2H3,(H,24,25)/b17-15+. The Hall–Kier alpha value is -1.52. The van der Waals surface area contributed by atoms with Crippen LogP contribution < -0.4 is 10.6 Å². The van der Waals surface area contributed by atoms with Gasteiger partial charge in [-0.25, -0.2) is 4.21 Å². The summed E-state index contributed by atoms with van der Waals surface area (Å²) in [5.74, 6) is -1.25. The molecular formula is C18H24ClF3N2O3S2. The van der Waals surface area contributed by atoms with E-state index in [0.717, 1.165) is 25.7 Å². The van der Waals surface area contributed by atoms with Crippen LogP contribution in [0.2, 0.25) is 5.02 Å². The minimum atomic E-state index is -5.25. The number of carbonyl (C=O) groups excluding carboxylic acids is 1. The summed E-state index contributed by atoms with van der Waals surface area (Å²) in [6, 6.07) is 6.29. The molecule has 0 aliphatic carbocycles. The zero-order chi connectivity index (χ0) is 22.1. The maximum absolute atomic E-state index is 12.9. The average molecular weight is 473 g/mol. The highest BCUT2D eigenvalue weighted by atomic mass is 35.5. The highest BCUT2D eigenvalue weighted by molar-refractivity contribution is 8.30. The molecule has 5 nitrogen and oxygen atoms in total. The maximum atomic E-state index is 12.9. The highest BCUT2D eigenvalue weighted by Gasteiger charge is 2.45. The molecule has 2 N–H and O–H groups in total. The average Bonchev–Trinajstić information content (AvgIpc) is 2.62. The van der Waals surface area contributed by atoms with Crippen molar-refractivity contribution in [2.75, 3.05) is 12.4 Å². The van der Waals surface area contributed by atoms with Crippen LogP contribution in [0, 0.1) is 0 Å². The van der Waals surface area contributed by atoms with Crippen LogP contribution in [-0.2, 0) is 28.9 Å². The molecule has 0 heterocycles. The molecule has 0 aromatic heterocycles. The third kappa shape index (κ3) is 8.39. The summed E-state index contributed by atoms with van der Waals surface area (Å²) >= 11 is 9.99. The molecule has 0 bridgehead atoms. The first kappa shape index (κ1) is 25.5. The van der Waals surface area contributed by atoms with Crippen molar-refractivity contribution in [2.24, 2.45) is 0 Å². The zero-order valence-electron chi connectivity index (χ0n) is 16.1. The van der Waals surface area contributed by atoms with Gasteiger partial charge in [-0.1, -0.05) is 50.3 Å². The number of hydrogen-bond acceptors (Lipinski definition) is 5. The van der Waals surface area contributed by atoms with E-state index in [2.05, 4.69) is 26.0 Å². The molecule has 0 aliphatic heterocycles. The third-order valence-corrected chi connectivity index (χ3v) is 5.82. The van der Waals surface area contributed by atoms with Gasteiger partial charge in [0.1, 0.15) is 0 Å². The SMILES string of the molecule is CCCCCCC/C(C(=O)Nc1cccc(Cl)c1)=C(/NC)OS(=O)(=S)C(F)(F)F. The van der Waals surface area contributed by atoms with E-state index in [9.17, 15) is 22.2 Å². The quantitative estimate of drug-likeness (QED) is 0.261. The van der Waals surface area contributed by atoms with E-state index in [1.165, 1.54) is 13.1 Å². The van der Waals surface area contributed by atoms with E-state index >= 15 is 0 Å². The monoisotopic (exact) mass is 472 g/mol. The second kappa shape index (κ2) is 11.6. The van der Waals surface area contributed by atoms with Crippen molar-refractivity contribution in [3.8, 4) is 0 Å². The van der Waals surface area contributed by atoms with Crippen LogP contribution in [-0.4, -0.2) is 22.7 Å². The fourth-order valence-corrected chi connectivity index (χ4v) is 3.30. The molecule has 1 aromatic carbocycles. The lowest BCUT2D eigenvalue weighted by Gasteiger charge is -2.18. The van der Waals surface area contributed by atoms with Gasteiger partial charge in [0, 0.05) is 28.9 Å². The van der Waals surface area contributed by atoms with Crippen LogP contribution in [0.25, 0.3) is 0 Å². The molecular weight excluding hydrogens is 449 g/mol. The first-order valence-corrected chi connectivity index (χ1v) is 11.8. The molecule has 0 radical (unpaired) electrons. The normalized spacial score (nSPS) is 14.6. The second-order valence-electron chi connectivity index (χ2n) is 6.17. The van der Waals surface area contributed by atoms with E-state index < -0.39 is 26.1 Å². The van der Waals surface area contributed by atoms with Crippen molar-refractivity contribution in [3.05, 3.63) is 40.7 Å². The Morgan fingerprint density at radius 1 is 1.24 bits per heavy atom. The Kier molecular flexibility index (Phi) is 10.2. The van der Waals surface area contributed by atoms with Gasteiger partial charge in [0.2, 0.25) is 5.88 Å². The van der Waals surface area contributed by atoms with E-state index in [4.69, 9.17) is 11.6 Å². The molecule has 1 rings (SSSR count). The second-order valence-corrected chi connectivity index (χ2v) is 9.46. The van der Waals surface area contributed by atoms with E-state index in [1.54, 1.807) is 18.2 Å². The molecule has 1 amide bonds. The van der Waals surface area contributed by atoms with Gasteiger partial charge >= 0.3 is 5.51 Å². The van der Waals surface area contributed by atoms with Crippen LogP contribution in [0.4, 0.5) is 18.9 Å². The van der Waals surface area contributed by atoms with Crippen molar-refractivity contribution < 1.29 is 26.4 Å². The summed E-state index contributed by atoms with van der Waals surface area (Å²) in [5, 5.41) is 5.33. The number of benzene rings is 1. The van der Waals surface area contributed by atoms with Crippen molar-refractivity contribution >= 4 is 43.2 Å². The molecule has 0 fully saturated rings. The zero-order valence-corrected chi connectivity index (χ0v) is 18.5. The molecule has 164 valence electrons. The molecule has 1 aromatic rings. The lowest BCUT2D eigenvalue weighted by Crippen LogP contribution is -2.29. The number of unbranched alkanes of at least 4 members (excludes halogenated alkanes) is 4. The van der Waals surface area contributed by atoms with Crippen LogP contribution in [0.15, 0.2) is 35.7 Å². The van der Waals surface area contributed by atoms with Crippen LogP contribution in [0.5, 0.6) is 0 Å². The fraction of sp³-hybridized carbons (Fsp3) is 0.500.